The van der Waals surface area contributed by atoms with Gasteiger partial charge in [-0.25, -0.2) is 0 Å². The molecule has 1 aromatic carbocycles. The van der Waals surface area contributed by atoms with Crippen molar-refractivity contribution < 1.29 is 18.0 Å². The number of oxime groups is 1. The molecular weight excluding hydrogens is 315 g/mol. The summed E-state index contributed by atoms with van der Waals surface area (Å²) < 4.78 is 39.0. The van der Waals surface area contributed by atoms with Gasteiger partial charge in [0.1, 0.15) is 6.61 Å². The predicted octanol–water partition coefficient (Wildman–Crippen LogP) is 5.68. The molecule has 0 spiro atoms. The molecule has 22 heavy (non-hydrogen) atoms. The number of hydrogen-bond acceptors (Lipinski definition) is 2. The van der Waals surface area contributed by atoms with Crippen molar-refractivity contribution in [1.82, 2.24) is 0 Å². The Labute approximate surface area is 133 Å². The van der Waals surface area contributed by atoms with Gasteiger partial charge in [0.15, 0.2) is 0 Å². The second kappa shape index (κ2) is 7.36. The van der Waals surface area contributed by atoms with Crippen molar-refractivity contribution in [3.8, 4) is 0 Å². The van der Waals surface area contributed by atoms with Gasteiger partial charge < -0.3 is 4.84 Å². The molecule has 1 aliphatic rings. The Bertz CT molecular complexity index is 537. The van der Waals surface area contributed by atoms with Crippen LogP contribution in [-0.4, -0.2) is 12.3 Å². The standard InChI is InChI=1S/C16H19ClF3NO/c1-11(21-22-10-12-5-3-2-4-6-12)14-9-13(17)7-8-15(14)16(18,19)20/h7-9,12H,2-6,10H2,1H3. The number of benzene rings is 1. The van der Waals surface area contributed by atoms with Crippen molar-refractivity contribution in [2.75, 3.05) is 6.61 Å². The molecule has 0 aliphatic heterocycles. The van der Waals surface area contributed by atoms with Crippen LogP contribution in [-0.2, 0) is 11.0 Å². The molecule has 122 valence electrons. The van der Waals surface area contributed by atoms with Crippen molar-refractivity contribution in [2.45, 2.75) is 45.2 Å². The van der Waals surface area contributed by atoms with E-state index in [9.17, 15) is 13.2 Å². The van der Waals surface area contributed by atoms with Crippen LogP contribution in [0.15, 0.2) is 23.4 Å². The van der Waals surface area contributed by atoms with E-state index < -0.39 is 11.7 Å². The van der Waals surface area contributed by atoms with E-state index in [1.54, 1.807) is 0 Å². The average Bonchev–Trinajstić information content (AvgIpc) is 2.47. The summed E-state index contributed by atoms with van der Waals surface area (Å²) in [5, 5.41) is 4.10. The minimum Gasteiger partial charge on any atom is -0.395 e. The lowest BCUT2D eigenvalue weighted by Gasteiger charge is -2.20. The van der Waals surface area contributed by atoms with Gasteiger partial charge in [-0.3, -0.25) is 0 Å². The van der Waals surface area contributed by atoms with Gasteiger partial charge in [-0.1, -0.05) is 36.0 Å². The van der Waals surface area contributed by atoms with E-state index in [1.165, 1.54) is 38.3 Å². The van der Waals surface area contributed by atoms with Crippen LogP contribution in [0.3, 0.4) is 0 Å². The van der Waals surface area contributed by atoms with Crippen molar-refractivity contribution >= 4 is 17.3 Å². The number of hydrogen-bond donors (Lipinski definition) is 0. The fourth-order valence-electron chi connectivity index (χ4n) is 2.71. The molecule has 0 heterocycles. The maximum absolute atomic E-state index is 13.0. The Morgan fingerprint density at radius 2 is 1.95 bits per heavy atom. The van der Waals surface area contributed by atoms with Crippen LogP contribution in [0.4, 0.5) is 13.2 Å². The lowest BCUT2D eigenvalue weighted by molar-refractivity contribution is -0.137. The van der Waals surface area contributed by atoms with E-state index in [-0.39, 0.29) is 16.3 Å². The summed E-state index contributed by atoms with van der Waals surface area (Å²) in [6.45, 7) is 1.96. The minimum absolute atomic E-state index is 0.0383. The van der Waals surface area contributed by atoms with Crippen molar-refractivity contribution in [3.05, 3.63) is 34.3 Å². The second-order valence-electron chi connectivity index (χ2n) is 5.66. The first-order valence-electron chi connectivity index (χ1n) is 7.41. The first kappa shape index (κ1) is 17.1. The number of rotatable bonds is 4. The van der Waals surface area contributed by atoms with Crippen molar-refractivity contribution in [1.29, 1.82) is 0 Å². The largest absolute Gasteiger partial charge is 0.417 e. The summed E-state index contributed by atoms with van der Waals surface area (Å²) in [6, 6.07) is 3.47. The summed E-state index contributed by atoms with van der Waals surface area (Å²) in [5.74, 6) is 0.451. The topological polar surface area (TPSA) is 21.6 Å². The van der Waals surface area contributed by atoms with Gasteiger partial charge in [-0.15, -0.1) is 0 Å². The Morgan fingerprint density at radius 1 is 1.27 bits per heavy atom. The van der Waals surface area contributed by atoms with Crippen LogP contribution in [0.1, 0.15) is 50.2 Å². The number of alkyl halides is 3. The third kappa shape index (κ3) is 4.63. The molecule has 2 nitrogen and oxygen atoms in total. The number of nitrogens with zero attached hydrogens (tertiary/aromatic N) is 1. The molecule has 0 atom stereocenters. The summed E-state index contributed by atoms with van der Waals surface area (Å²) in [6.07, 6.45) is 1.36. The van der Waals surface area contributed by atoms with Crippen LogP contribution in [0.5, 0.6) is 0 Å². The van der Waals surface area contributed by atoms with E-state index in [4.69, 9.17) is 16.4 Å². The molecule has 0 bridgehead atoms. The molecule has 0 unspecified atom stereocenters. The first-order chi connectivity index (χ1) is 10.4. The molecular formula is C16H19ClF3NO. The van der Waals surface area contributed by atoms with Gasteiger partial charge in [-0.2, -0.15) is 13.2 Å². The fraction of sp³-hybridized carbons (Fsp3) is 0.562. The van der Waals surface area contributed by atoms with Gasteiger partial charge in [-0.05, 0) is 43.9 Å². The highest BCUT2D eigenvalue weighted by Gasteiger charge is 2.34. The Balaban J connectivity index is 2.09. The molecule has 1 saturated carbocycles. The van der Waals surface area contributed by atoms with Gasteiger partial charge in [0.2, 0.25) is 0 Å². The van der Waals surface area contributed by atoms with Crippen molar-refractivity contribution in [3.63, 3.8) is 0 Å². The Morgan fingerprint density at radius 3 is 2.59 bits per heavy atom. The summed E-state index contributed by atoms with van der Waals surface area (Å²) in [5.41, 5.74) is -0.603. The molecule has 0 amide bonds. The van der Waals surface area contributed by atoms with E-state index in [0.29, 0.717) is 12.5 Å². The van der Waals surface area contributed by atoms with Crippen LogP contribution in [0, 0.1) is 5.92 Å². The summed E-state index contributed by atoms with van der Waals surface area (Å²) in [7, 11) is 0. The van der Waals surface area contributed by atoms with E-state index >= 15 is 0 Å². The molecule has 1 aliphatic carbocycles. The molecule has 0 saturated heterocycles. The highest BCUT2D eigenvalue weighted by atomic mass is 35.5. The maximum atomic E-state index is 13.0. The quantitative estimate of drug-likeness (QED) is 0.513. The van der Waals surface area contributed by atoms with Gasteiger partial charge in [0.05, 0.1) is 11.3 Å². The SMILES string of the molecule is CC(=NOCC1CCCCC1)c1cc(Cl)ccc1C(F)(F)F. The van der Waals surface area contributed by atoms with Gasteiger partial charge >= 0.3 is 6.18 Å². The smallest absolute Gasteiger partial charge is 0.395 e. The molecule has 0 aromatic heterocycles. The van der Waals surface area contributed by atoms with Crippen LogP contribution in [0.2, 0.25) is 5.02 Å². The van der Waals surface area contributed by atoms with Crippen LogP contribution in [0.25, 0.3) is 0 Å². The van der Waals surface area contributed by atoms with Crippen LogP contribution >= 0.6 is 11.6 Å². The average molecular weight is 334 g/mol. The Hall–Kier alpha value is -1.23. The van der Waals surface area contributed by atoms with E-state index in [2.05, 4.69) is 5.16 Å². The fourth-order valence-corrected chi connectivity index (χ4v) is 2.88. The molecule has 1 aromatic rings. The van der Waals surface area contributed by atoms with E-state index in [0.717, 1.165) is 18.9 Å². The summed E-state index contributed by atoms with van der Waals surface area (Å²) in [4.78, 5) is 5.27. The van der Waals surface area contributed by atoms with Gasteiger partial charge in [0.25, 0.3) is 0 Å². The third-order valence-corrected chi connectivity index (χ3v) is 4.15. The molecule has 0 radical (unpaired) electrons. The predicted molar refractivity (Wildman–Crippen MR) is 81.2 cm³/mol. The second-order valence-corrected chi connectivity index (χ2v) is 6.10. The van der Waals surface area contributed by atoms with E-state index in [1.807, 2.05) is 0 Å². The van der Waals surface area contributed by atoms with Crippen molar-refractivity contribution in [2.24, 2.45) is 11.1 Å². The summed E-state index contributed by atoms with van der Waals surface area (Å²) >= 11 is 5.80. The molecule has 6 heteroatoms. The number of halogens is 4. The Kier molecular flexibility index (Phi) is 5.73. The highest BCUT2D eigenvalue weighted by Crippen LogP contribution is 2.33. The monoisotopic (exact) mass is 333 g/mol. The molecule has 1 fully saturated rings. The zero-order chi connectivity index (χ0) is 16.2. The third-order valence-electron chi connectivity index (χ3n) is 3.91. The minimum atomic E-state index is -4.44. The lowest BCUT2D eigenvalue weighted by Crippen LogP contribution is -2.14. The lowest BCUT2D eigenvalue weighted by atomic mass is 9.90. The molecule has 0 N–H and O–H groups in total. The zero-order valence-corrected chi connectivity index (χ0v) is 13.2. The maximum Gasteiger partial charge on any atom is 0.417 e. The normalized spacial score (nSPS) is 17.6. The molecule has 2 rings (SSSR count). The first-order valence-corrected chi connectivity index (χ1v) is 7.79. The van der Waals surface area contributed by atoms with Crippen LogP contribution < -0.4 is 0 Å². The highest BCUT2D eigenvalue weighted by molar-refractivity contribution is 6.31. The van der Waals surface area contributed by atoms with Gasteiger partial charge in [0, 0.05) is 10.6 Å². The zero-order valence-electron chi connectivity index (χ0n) is 12.4.